The van der Waals surface area contributed by atoms with Crippen molar-refractivity contribution < 1.29 is 8.76 Å². The number of aromatic nitrogens is 1. The number of rotatable bonds is 2. The first kappa shape index (κ1) is 10.0. The molecule has 1 aromatic carbocycles. The average molecular weight is 247 g/mol. The molecule has 74 valence electrons. The Balaban J connectivity index is 2.46. The molecule has 3 nitrogen and oxygen atoms in total. The Hall–Kier alpha value is -0.490. The molecule has 0 aliphatic rings. The van der Waals surface area contributed by atoms with Gasteiger partial charge in [0.2, 0.25) is 0 Å². The third-order valence-corrected chi connectivity index (χ3v) is 3.60. The van der Waals surface area contributed by atoms with Crippen molar-refractivity contribution in [3.8, 4) is 0 Å². The molecule has 0 amide bonds. The number of halogens is 1. The number of thiazole rings is 1. The predicted octanol–water partition coefficient (Wildman–Crippen LogP) is 2.33. The van der Waals surface area contributed by atoms with Gasteiger partial charge in [0.1, 0.15) is 5.01 Å². The fourth-order valence-electron chi connectivity index (χ4n) is 1.11. The Kier molecular flexibility index (Phi) is 2.83. The van der Waals surface area contributed by atoms with Crippen LogP contribution in [0.3, 0.4) is 0 Å². The van der Waals surface area contributed by atoms with Crippen molar-refractivity contribution in [3.05, 3.63) is 28.2 Å². The zero-order valence-corrected chi connectivity index (χ0v) is 9.29. The minimum atomic E-state index is -2.08. The maximum atomic E-state index is 10.5. The van der Waals surface area contributed by atoms with Gasteiger partial charge in [0.15, 0.2) is 0 Å². The largest absolute Gasteiger partial charge is 0.772 e. The molecule has 0 spiro atoms. The molecular formula is C8H5ClNO2S2-. The van der Waals surface area contributed by atoms with Gasteiger partial charge in [-0.15, -0.1) is 11.3 Å². The summed E-state index contributed by atoms with van der Waals surface area (Å²) in [5.74, 6) is -0.0308. The lowest BCUT2D eigenvalue weighted by Gasteiger charge is -1.98. The Morgan fingerprint density at radius 3 is 3.07 bits per heavy atom. The van der Waals surface area contributed by atoms with Crippen LogP contribution in [0.1, 0.15) is 5.01 Å². The highest BCUT2D eigenvalue weighted by atomic mass is 35.5. The van der Waals surface area contributed by atoms with Crippen molar-refractivity contribution in [2.45, 2.75) is 5.75 Å². The molecule has 0 radical (unpaired) electrons. The second kappa shape index (κ2) is 3.94. The highest BCUT2D eigenvalue weighted by molar-refractivity contribution is 7.78. The smallest absolute Gasteiger partial charge is 0.105 e. The number of benzene rings is 1. The van der Waals surface area contributed by atoms with Crippen LogP contribution in [0, 0.1) is 0 Å². The van der Waals surface area contributed by atoms with Crippen molar-refractivity contribution in [2.75, 3.05) is 0 Å². The van der Waals surface area contributed by atoms with E-state index in [1.54, 1.807) is 12.1 Å². The monoisotopic (exact) mass is 246 g/mol. The molecule has 6 heteroatoms. The van der Waals surface area contributed by atoms with E-state index in [0.29, 0.717) is 10.0 Å². The molecule has 2 aromatic rings. The summed E-state index contributed by atoms with van der Waals surface area (Å²) in [6.45, 7) is 0. The molecular weight excluding hydrogens is 242 g/mol. The fourth-order valence-corrected chi connectivity index (χ4v) is 2.81. The Labute approximate surface area is 92.0 Å². The summed E-state index contributed by atoms with van der Waals surface area (Å²) >= 11 is 5.06. The number of fused-ring (bicyclic) bond motifs is 1. The predicted molar refractivity (Wildman–Crippen MR) is 57.3 cm³/mol. The molecule has 0 bridgehead atoms. The van der Waals surface area contributed by atoms with Crippen LogP contribution in [-0.2, 0) is 16.8 Å². The van der Waals surface area contributed by atoms with Crippen LogP contribution >= 0.6 is 22.9 Å². The fraction of sp³-hybridized carbons (Fsp3) is 0.125. The SMILES string of the molecule is O=S([O-])Cc1nc2cc(Cl)ccc2s1. The lowest BCUT2D eigenvalue weighted by atomic mass is 10.3. The van der Waals surface area contributed by atoms with Gasteiger partial charge in [-0.05, 0) is 29.3 Å². The molecule has 0 fully saturated rings. The van der Waals surface area contributed by atoms with E-state index in [-0.39, 0.29) is 5.75 Å². The Bertz CT molecular complexity index is 497. The quantitative estimate of drug-likeness (QED) is 0.765. The van der Waals surface area contributed by atoms with Crippen molar-refractivity contribution in [2.24, 2.45) is 0 Å². The van der Waals surface area contributed by atoms with Crippen LogP contribution in [0.25, 0.3) is 10.2 Å². The lowest BCUT2D eigenvalue weighted by Crippen LogP contribution is -1.91. The standard InChI is InChI=1S/C8H6ClNO2S2/c9-5-1-2-7-6(3-5)10-8(13-7)4-14(11)12/h1-3H,4H2,(H,11,12)/p-1. The summed E-state index contributed by atoms with van der Waals surface area (Å²) in [4.78, 5) is 4.15. The van der Waals surface area contributed by atoms with Gasteiger partial charge in [-0.1, -0.05) is 11.6 Å². The average Bonchev–Trinajstić information content (AvgIpc) is 2.44. The Morgan fingerprint density at radius 2 is 2.36 bits per heavy atom. The normalized spacial score (nSPS) is 13.3. The van der Waals surface area contributed by atoms with Crippen LogP contribution in [0.4, 0.5) is 0 Å². The van der Waals surface area contributed by atoms with E-state index in [9.17, 15) is 8.76 Å². The van der Waals surface area contributed by atoms with E-state index in [0.717, 1.165) is 10.2 Å². The molecule has 1 heterocycles. The zero-order chi connectivity index (χ0) is 10.1. The van der Waals surface area contributed by atoms with Crippen LogP contribution in [0.5, 0.6) is 0 Å². The van der Waals surface area contributed by atoms with E-state index >= 15 is 0 Å². The maximum Gasteiger partial charge on any atom is 0.105 e. The lowest BCUT2D eigenvalue weighted by molar-refractivity contribution is 0.536. The van der Waals surface area contributed by atoms with E-state index in [4.69, 9.17) is 11.6 Å². The highest BCUT2D eigenvalue weighted by Crippen LogP contribution is 2.25. The minimum Gasteiger partial charge on any atom is -0.772 e. The number of hydrogen-bond donors (Lipinski definition) is 0. The minimum absolute atomic E-state index is 0.0308. The third kappa shape index (κ3) is 2.12. The van der Waals surface area contributed by atoms with E-state index in [1.807, 2.05) is 6.07 Å². The first-order chi connectivity index (χ1) is 6.65. The van der Waals surface area contributed by atoms with Gasteiger partial charge < -0.3 is 4.55 Å². The van der Waals surface area contributed by atoms with Gasteiger partial charge >= 0.3 is 0 Å². The van der Waals surface area contributed by atoms with E-state index < -0.39 is 11.1 Å². The maximum absolute atomic E-state index is 10.5. The van der Waals surface area contributed by atoms with Gasteiger partial charge in [0.05, 0.1) is 16.0 Å². The Morgan fingerprint density at radius 1 is 1.57 bits per heavy atom. The summed E-state index contributed by atoms with van der Waals surface area (Å²) in [5, 5.41) is 1.20. The summed E-state index contributed by atoms with van der Waals surface area (Å²) in [7, 11) is 0. The van der Waals surface area contributed by atoms with Crippen molar-refractivity contribution in [3.63, 3.8) is 0 Å². The van der Waals surface area contributed by atoms with Crippen LogP contribution in [-0.4, -0.2) is 13.7 Å². The number of hydrogen-bond acceptors (Lipinski definition) is 4. The van der Waals surface area contributed by atoms with Crippen molar-refractivity contribution >= 4 is 44.2 Å². The molecule has 1 atom stereocenters. The third-order valence-electron chi connectivity index (χ3n) is 1.64. The van der Waals surface area contributed by atoms with Gasteiger partial charge in [0.25, 0.3) is 0 Å². The highest BCUT2D eigenvalue weighted by Gasteiger charge is 2.03. The topological polar surface area (TPSA) is 53.0 Å². The first-order valence-electron chi connectivity index (χ1n) is 3.76. The first-order valence-corrected chi connectivity index (χ1v) is 6.20. The summed E-state index contributed by atoms with van der Waals surface area (Å²) in [6.07, 6.45) is 0. The molecule has 0 saturated carbocycles. The molecule has 0 aliphatic carbocycles. The summed E-state index contributed by atoms with van der Waals surface area (Å²) in [5.41, 5.74) is 0.753. The van der Waals surface area contributed by atoms with E-state index in [2.05, 4.69) is 4.98 Å². The summed E-state index contributed by atoms with van der Waals surface area (Å²) < 4.78 is 21.9. The molecule has 14 heavy (non-hydrogen) atoms. The second-order valence-corrected chi connectivity index (χ2v) is 5.12. The van der Waals surface area contributed by atoms with Crippen LogP contribution in [0.2, 0.25) is 5.02 Å². The number of nitrogens with zero attached hydrogens (tertiary/aromatic N) is 1. The molecule has 1 unspecified atom stereocenters. The molecule has 2 rings (SSSR count). The van der Waals surface area contributed by atoms with E-state index in [1.165, 1.54) is 11.3 Å². The second-order valence-electron chi connectivity index (χ2n) is 2.67. The molecule has 1 aromatic heterocycles. The van der Waals surface area contributed by atoms with Crippen molar-refractivity contribution in [1.82, 2.24) is 4.98 Å². The van der Waals surface area contributed by atoms with Crippen LogP contribution < -0.4 is 0 Å². The molecule has 0 N–H and O–H groups in total. The summed E-state index contributed by atoms with van der Waals surface area (Å²) in [6, 6.07) is 5.33. The van der Waals surface area contributed by atoms with Gasteiger partial charge in [-0.3, -0.25) is 4.21 Å². The molecule has 0 aliphatic heterocycles. The van der Waals surface area contributed by atoms with Crippen LogP contribution in [0.15, 0.2) is 18.2 Å². The van der Waals surface area contributed by atoms with Gasteiger partial charge in [0, 0.05) is 5.02 Å². The van der Waals surface area contributed by atoms with Crippen molar-refractivity contribution in [1.29, 1.82) is 0 Å². The molecule has 0 saturated heterocycles. The zero-order valence-electron chi connectivity index (χ0n) is 6.90. The van der Waals surface area contributed by atoms with Gasteiger partial charge in [-0.25, -0.2) is 4.98 Å². The van der Waals surface area contributed by atoms with Gasteiger partial charge in [-0.2, -0.15) is 0 Å².